The highest BCUT2D eigenvalue weighted by atomic mass is 19.4. The van der Waals surface area contributed by atoms with Crippen molar-refractivity contribution in [1.82, 2.24) is 0 Å². The molecule has 1 aliphatic rings. The normalized spacial score (nSPS) is 16.0. The largest absolute Gasteiger partial charge is 0.458 e. The van der Waals surface area contributed by atoms with Crippen LogP contribution in [0.1, 0.15) is 63.0 Å². The average Bonchev–Trinajstić information content (AvgIpc) is 2.83. The maximum atomic E-state index is 15.1. The van der Waals surface area contributed by atoms with Crippen molar-refractivity contribution in [1.29, 1.82) is 0 Å². The summed E-state index contributed by atoms with van der Waals surface area (Å²) >= 11 is 0. The van der Waals surface area contributed by atoms with Gasteiger partial charge in [-0.05, 0) is 65.5 Å². The molecule has 0 aliphatic heterocycles. The van der Waals surface area contributed by atoms with Gasteiger partial charge in [0.25, 0.3) is 0 Å². The summed E-state index contributed by atoms with van der Waals surface area (Å²) in [6.45, 7) is 2.19. The van der Waals surface area contributed by atoms with E-state index in [9.17, 15) is 22.0 Å². The molecule has 4 rings (SSSR count). The highest BCUT2D eigenvalue weighted by Crippen LogP contribution is 2.35. The monoisotopic (exact) mass is 500 g/mol. The summed E-state index contributed by atoms with van der Waals surface area (Å²) in [7, 11) is 0. The molecule has 0 saturated carbocycles. The second-order valence-corrected chi connectivity index (χ2v) is 9.29. The lowest BCUT2D eigenvalue weighted by Gasteiger charge is -2.22. The van der Waals surface area contributed by atoms with E-state index in [1.165, 1.54) is 55.9 Å². The molecule has 3 aromatic rings. The third-order valence-electron chi connectivity index (χ3n) is 6.74. The van der Waals surface area contributed by atoms with Crippen LogP contribution in [0.2, 0.25) is 0 Å². The van der Waals surface area contributed by atoms with Gasteiger partial charge in [-0.2, -0.15) is 13.2 Å². The molecule has 0 fully saturated rings. The number of hydrogen-bond donors (Lipinski definition) is 0. The topological polar surface area (TPSA) is 0 Å². The maximum absolute atomic E-state index is 15.1. The van der Waals surface area contributed by atoms with Crippen LogP contribution in [0.4, 0.5) is 26.3 Å². The molecule has 1 atom stereocenters. The molecule has 0 bridgehead atoms. The molecule has 0 amide bonds. The van der Waals surface area contributed by atoms with E-state index in [4.69, 9.17) is 0 Å². The maximum Gasteiger partial charge on any atom is 0.458 e. The average molecular weight is 501 g/mol. The number of alkyl halides is 3. The van der Waals surface area contributed by atoms with Gasteiger partial charge in [0.1, 0.15) is 17.5 Å². The Morgan fingerprint density at radius 3 is 2.36 bits per heavy atom. The van der Waals surface area contributed by atoms with Crippen LogP contribution in [0, 0.1) is 35.2 Å². The zero-order valence-corrected chi connectivity index (χ0v) is 19.9. The van der Waals surface area contributed by atoms with E-state index >= 15 is 4.39 Å². The quantitative estimate of drug-likeness (QED) is 0.180. The first kappa shape index (κ1) is 25.9. The number of benzene rings is 3. The van der Waals surface area contributed by atoms with Gasteiger partial charge in [-0.25, -0.2) is 13.2 Å². The number of unbranched alkanes of at least 4 members (excludes halogenated alkanes) is 2. The van der Waals surface area contributed by atoms with Gasteiger partial charge in [-0.15, -0.1) is 0 Å². The van der Waals surface area contributed by atoms with Crippen molar-refractivity contribution in [3.63, 3.8) is 0 Å². The summed E-state index contributed by atoms with van der Waals surface area (Å²) in [5.41, 5.74) is 1.69. The van der Waals surface area contributed by atoms with E-state index < -0.39 is 29.2 Å². The standard InChI is InChI=1S/C30H26F6/c1-2-3-4-5-19-6-8-20(9-7-19)21-10-12-24(27(31)17-21)22-11-13-25-23(16-22)18-28(32)26(29(25)33)14-15-30(34,35)36/h8,10-13,16-19H,2-7,9H2,1H3. The highest BCUT2D eigenvalue weighted by Gasteiger charge is 2.24. The minimum Gasteiger partial charge on any atom is -0.206 e. The predicted octanol–water partition coefficient (Wildman–Crippen LogP) is 9.60. The summed E-state index contributed by atoms with van der Waals surface area (Å²) in [6.07, 6.45) is 5.26. The Bertz CT molecular complexity index is 1350. The third kappa shape index (κ3) is 5.95. The number of fused-ring (bicyclic) bond motifs is 1. The van der Waals surface area contributed by atoms with Gasteiger partial charge in [0.05, 0.1) is 5.56 Å². The van der Waals surface area contributed by atoms with Crippen LogP contribution in [0.25, 0.3) is 27.5 Å². The lowest BCUT2D eigenvalue weighted by molar-refractivity contribution is -0.0696. The molecule has 3 aromatic carbocycles. The molecule has 1 aliphatic carbocycles. The zero-order valence-electron chi connectivity index (χ0n) is 19.9. The Morgan fingerprint density at radius 1 is 0.917 bits per heavy atom. The Labute approximate surface area is 207 Å². The van der Waals surface area contributed by atoms with E-state index in [1.54, 1.807) is 6.07 Å². The van der Waals surface area contributed by atoms with E-state index in [0.717, 1.165) is 42.4 Å². The van der Waals surface area contributed by atoms with Crippen LogP contribution in [-0.4, -0.2) is 6.18 Å². The minimum absolute atomic E-state index is 0.0931. The van der Waals surface area contributed by atoms with Crippen LogP contribution in [0.5, 0.6) is 0 Å². The van der Waals surface area contributed by atoms with Crippen LogP contribution in [0.15, 0.2) is 48.5 Å². The Morgan fingerprint density at radius 2 is 1.69 bits per heavy atom. The predicted molar refractivity (Wildman–Crippen MR) is 132 cm³/mol. The number of halogens is 6. The fourth-order valence-electron chi connectivity index (χ4n) is 4.79. The van der Waals surface area contributed by atoms with Crippen molar-refractivity contribution in [3.05, 3.63) is 77.1 Å². The second kappa shape index (κ2) is 10.8. The van der Waals surface area contributed by atoms with Gasteiger partial charge >= 0.3 is 6.18 Å². The van der Waals surface area contributed by atoms with E-state index in [0.29, 0.717) is 11.5 Å². The minimum atomic E-state index is -4.87. The first-order valence-electron chi connectivity index (χ1n) is 12.2. The molecule has 0 aromatic heterocycles. The first-order chi connectivity index (χ1) is 17.2. The second-order valence-electron chi connectivity index (χ2n) is 9.29. The van der Waals surface area contributed by atoms with Crippen molar-refractivity contribution in [2.24, 2.45) is 5.92 Å². The lowest BCUT2D eigenvalue weighted by Crippen LogP contribution is -2.05. The highest BCUT2D eigenvalue weighted by molar-refractivity contribution is 5.89. The van der Waals surface area contributed by atoms with Gasteiger partial charge in [-0.1, -0.05) is 68.9 Å². The van der Waals surface area contributed by atoms with E-state index in [1.807, 2.05) is 6.07 Å². The molecule has 0 radical (unpaired) electrons. The third-order valence-corrected chi connectivity index (χ3v) is 6.74. The summed E-state index contributed by atoms with van der Waals surface area (Å²) in [6, 6.07) is 10.1. The molecule has 36 heavy (non-hydrogen) atoms. The molecular formula is C30H26F6. The van der Waals surface area contributed by atoms with Crippen molar-refractivity contribution in [2.75, 3.05) is 0 Å². The van der Waals surface area contributed by atoms with Crippen molar-refractivity contribution in [2.45, 2.75) is 58.0 Å². The molecule has 1 unspecified atom stereocenters. The SMILES string of the molecule is CCCCCC1CC=C(c2ccc(-c3ccc4c(F)c(C#CC(F)(F)F)c(F)cc4c3)c(F)c2)CC1. The van der Waals surface area contributed by atoms with Crippen molar-refractivity contribution in [3.8, 4) is 23.0 Å². The van der Waals surface area contributed by atoms with Crippen molar-refractivity contribution >= 4 is 16.3 Å². The lowest BCUT2D eigenvalue weighted by atomic mass is 9.83. The Kier molecular flexibility index (Phi) is 7.78. The summed E-state index contributed by atoms with van der Waals surface area (Å²) in [5.74, 6) is 0.267. The number of allylic oxidation sites excluding steroid dienone is 2. The first-order valence-corrected chi connectivity index (χ1v) is 12.2. The molecule has 6 heteroatoms. The van der Waals surface area contributed by atoms with Crippen LogP contribution >= 0.6 is 0 Å². The molecule has 0 spiro atoms. The summed E-state index contributed by atoms with van der Waals surface area (Å²) in [4.78, 5) is 0. The number of rotatable bonds is 6. The molecule has 0 nitrogen and oxygen atoms in total. The molecule has 188 valence electrons. The van der Waals surface area contributed by atoms with E-state index in [2.05, 4.69) is 13.0 Å². The fraction of sp³-hybridized carbons (Fsp3) is 0.333. The number of hydrogen-bond acceptors (Lipinski definition) is 0. The molecular weight excluding hydrogens is 474 g/mol. The molecule has 0 N–H and O–H groups in total. The molecule has 0 heterocycles. The van der Waals surface area contributed by atoms with E-state index in [-0.39, 0.29) is 16.3 Å². The van der Waals surface area contributed by atoms with Gasteiger partial charge < -0.3 is 0 Å². The van der Waals surface area contributed by atoms with Crippen LogP contribution in [-0.2, 0) is 0 Å². The summed E-state index contributed by atoms with van der Waals surface area (Å²) in [5, 5.41) is 0.0112. The fourth-order valence-corrected chi connectivity index (χ4v) is 4.79. The van der Waals surface area contributed by atoms with Gasteiger partial charge in [0.2, 0.25) is 0 Å². The molecule has 0 saturated heterocycles. The smallest absolute Gasteiger partial charge is 0.206 e. The van der Waals surface area contributed by atoms with Crippen LogP contribution < -0.4 is 0 Å². The zero-order chi connectivity index (χ0) is 25.9. The van der Waals surface area contributed by atoms with Gasteiger partial charge in [-0.3, -0.25) is 0 Å². The Balaban J connectivity index is 1.58. The summed E-state index contributed by atoms with van der Waals surface area (Å²) < 4.78 is 81.2. The van der Waals surface area contributed by atoms with Gasteiger partial charge in [0.15, 0.2) is 0 Å². The van der Waals surface area contributed by atoms with Gasteiger partial charge in [0, 0.05) is 16.9 Å². The van der Waals surface area contributed by atoms with Crippen molar-refractivity contribution < 1.29 is 26.3 Å². The Hall–Kier alpha value is -3.20. The van der Waals surface area contributed by atoms with Crippen LogP contribution in [0.3, 0.4) is 0 Å².